The first-order chi connectivity index (χ1) is 32.1. The molecule has 14 heteroatoms. The zero-order valence-electron chi connectivity index (χ0n) is 40.4. The topological polar surface area (TPSA) is 228 Å². The van der Waals surface area contributed by atoms with Crippen molar-refractivity contribution in [1.29, 1.82) is 0 Å². The number of allylic oxidation sites excluding steroid dienone is 10. The number of hydrogen-bond donors (Lipinski definition) is 9. The summed E-state index contributed by atoms with van der Waals surface area (Å²) < 4.78 is 22.7. The first-order valence-electron chi connectivity index (χ1n) is 25.5. The highest BCUT2D eigenvalue weighted by Gasteiger charge is 2.51. The molecular weight excluding hydrogens is 847 g/mol. The molecule has 0 spiro atoms. The summed E-state index contributed by atoms with van der Waals surface area (Å²) in [6.45, 7) is 2.69. The summed E-state index contributed by atoms with van der Waals surface area (Å²) in [5, 5.41) is 86.8. The van der Waals surface area contributed by atoms with Gasteiger partial charge in [0.2, 0.25) is 5.91 Å². The molecule has 2 rings (SSSR count). The number of aliphatic hydroxyl groups is 8. The van der Waals surface area contributed by atoms with E-state index >= 15 is 0 Å². The Balaban J connectivity index is 1.81. The maximum atomic E-state index is 13.2. The van der Waals surface area contributed by atoms with E-state index in [4.69, 9.17) is 18.9 Å². The Morgan fingerprint density at radius 1 is 0.561 bits per heavy atom. The van der Waals surface area contributed by atoms with Gasteiger partial charge in [0.15, 0.2) is 12.6 Å². The lowest BCUT2D eigenvalue weighted by atomic mass is 9.97. The molecule has 12 unspecified atom stereocenters. The van der Waals surface area contributed by atoms with Crippen molar-refractivity contribution >= 4 is 5.91 Å². The van der Waals surface area contributed by atoms with Gasteiger partial charge < -0.3 is 65.1 Å². The van der Waals surface area contributed by atoms with Gasteiger partial charge in [-0.25, -0.2) is 0 Å². The highest BCUT2D eigenvalue weighted by molar-refractivity contribution is 5.76. The first kappa shape index (κ1) is 59.8. The number of ether oxygens (including phenoxy) is 4. The van der Waals surface area contributed by atoms with Crippen LogP contribution in [0.15, 0.2) is 60.8 Å². The number of carbonyl (C=O) groups is 1. The van der Waals surface area contributed by atoms with E-state index in [1.165, 1.54) is 44.9 Å². The fourth-order valence-corrected chi connectivity index (χ4v) is 8.09. The average Bonchev–Trinajstić information content (AvgIpc) is 3.31. The molecule has 0 bridgehead atoms. The Labute approximate surface area is 396 Å². The number of amides is 1. The van der Waals surface area contributed by atoms with E-state index in [1.54, 1.807) is 0 Å². The molecule has 0 aromatic heterocycles. The molecule has 0 radical (unpaired) electrons. The monoisotopic (exact) mass is 938 g/mol. The van der Waals surface area contributed by atoms with Gasteiger partial charge in [-0.1, -0.05) is 164 Å². The predicted molar refractivity (Wildman–Crippen MR) is 258 cm³/mol. The number of carbonyl (C=O) groups excluding carboxylic acids is 1. The zero-order chi connectivity index (χ0) is 48.2. The van der Waals surface area contributed by atoms with Gasteiger partial charge in [-0.15, -0.1) is 0 Å². The quantitative estimate of drug-likeness (QED) is 0.0234. The zero-order valence-corrected chi connectivity index (χ0v) is 40.4. The summed E-state index contributed by atoms with van der Waals surface area (Å²) in [5.41, 5.74) is 0. The van der Waals surface area contributed by atoms with Crippen molar-refractivity contribution in [1.82, 2.24) is 5.32 Å². The number of rotatable bonds is 38. The Hall–Kier alpha value is -2.31. The molecule has 12 atom stereocenters. The Bertz CT molecular complexity index is 1340. The molecule has 14 nitrogen and oxygen atoms in total. The minimum Gasteiger partial charge on any atom is -0.394 e. The van der Waals surface area contributed by atoms with Crippen molar-refractivity contribution in [3.8, 4) is 0 Å². The number of unbranched alkanes of at least 4 members (excludes halogenated alkanes) is 15. The molecule has 0 aromatic carbocycles. The van der Waals surface area contributed by atoms with Gasteiger partial charge in [-0.05, 0) is 57.8 Å². The van der Waals surface area contributed by atoms with Gasteiger partial charge >= 0.3 is 0 Å². The van der Waals surface area contributed by atoms with Gasteiger partial charge in [0.1, 0.15) is 48.8 Å². The molecule has 0 aromatic rings. The van der Waals surface area contributed by atoms with Crippen molar-refractivity contribution in [3.63, 3.8) is 0 Å². The van der Waals surface area contributed by atoms with Crippen LogP contribution in [0.2, 0.25) is 0 Å². The van der Waals surface area contributed by atoms with Crippen LogP contribution in [0.5, 0.6) is 0 Å². The molecule has 2 fully saturated rings. The van der Waals surface area contributed by atoms with Crippen molar-refractivity contribution < 1.29 is 64.6 Å². The van der Waals surface area contributed by atoms with E-state index in [0.29, 0.717) is 12.8 Å². The normalized spacial score (nSPS) is 27.3. The first-order valence-corrected chi connectivity index (χ1v) is 25.5. The molecule has 1 amide bonds. The second-order valence-electron chi connectivity index (χ2n) is 17.9. The van der Waals surface area contributed by atoms with E-state index in [1.807, 2.05) is 0 Å². The van der Waals surface area contributed by atoms with Crippen LogP contribution >= 0.6 is 0 Å². The lowest BCUT2D eigenvalue weighted by molar-refractivity contribution is -0.359. The fourth-order valence-electron chi connectivity index (χ4n) is 8.09. The minimum atomic E-state index is -1.79. The van der Waals surface area contributed by atoms with Crippen LogP contribution in [0, 0.1) is 0 Å². The number of aliphatic hydroxyl groups excluding tert-OH is 8. The van der Waals surface area contributed by atoms with Gasteiger partial charge in [0.05, 0.1) is 32.0 Å². The largest absolute Gasteiger partial charge is 0.394 e. The van der Waals surface area contributed by atoms with Crippen LogP contribution < -0.4 is 5.32 Å². The van der Waals surface area contributed by atoms with Gasteiger partial charge in [0.25, 0.3) is 0 Å². The van der Waals surface area contributed by atoms with Crippen LogP contribution in [0.4, 0.5) is 0 Å². The molecular formula is C52H91NO13. The van der Waals surface area contributed by atoms with E-state index in [-0.39, 0.29) is 18.9 Å². The summed E-state index contributed by atoms with van der Waals surface area (Å²) in [4.78, 5) is 13.2. The third kappa shape index (κ3) is 25.3. The summed E-state index contributed by atoms with van der Waals surface area (Å²) in [5.74, 6) is -0.230. The summed E-state index contributed by atoms with van der Waals surface area (Å²) in [6, 6.07) is -0.840. The van der Waals surface area contributed by atoms with E-state index < -0.39 is 86.8 Å². The molecule has 2 heterocycles. The molecule has 2 saturated heterocycles. The van der Waals surface area contributed by atoms with Crippen molar-refractivity contribution in [2.75, 3.05) is 19.8 Å². The SMILES string of the molecule is CC/C=C\C/C=C\C/C=C\C/C=C\C/C=C\CCCCCCCC(=O)NC(COC1OC(CO)C(OC2OC(CO)C(O)C(O)C2O)C(O)C1O)C(O)CCCCCCCCCCCCC. The van der Waals surface area contributed by atoms with Crippen LogP contribution in [0.1, 0.15) is 168 Å². The third-order valence-corrected chi connectivity index (χ3v) is 12.2. The van der Waals surface area contributed by atoms with Gasteiger partial charge in [0, 0.05) is 6.42 Å². The van der Waals surface area contributed by atoms with Crippen molar-refractivity contribution in [3.05, 3.63) is 60.8 Å². The lowest BCUT2D eigenvalue weighted by Gasteiger charge is -2.46. The highest BCUT2D eigenvalue weighted by atomic mass is 16.7. The smallest absolute Gasteiger partial charge is 0.220 e. The minimum absolute atomic E-state index is 0.230. The van der Waals surface area contributed by atoms with Gasteiger partial charge in [-0.3, -0.25) is 4.79 Å². The molecule has 382 valence electrons. The Morgan fingerprint density at radius 2 is 1.05 bits per heavy atom. The summed E-state index contributed by atoms with van der Waals surface area (Å²) in [7, 11) is 0. The fraction of sp³-hybridized carbons (Fsp3) is 0.788. The van der Waals surface area contributed by atoms with E-state index in [2.05, 4.69) is 79.9 Å². The van der Waals surface area contributed by atoms with E-state index in [0.717, 1.165) is 89.9 Å². The molecule has 2 aliphatic rings. The molecule has 9 N–H and O–H groups in total. The number of hydrogen-bond acceptors (Lipinski definition) is 13. The lowest BCUT2D eigenvalue weighted by Crippen LogP contribution is -2.65. The predicted octanol–water partition coefficient (Wildman–Crippen LogP) is 6.66. The van der Waals surface area contributed by atoms with Crippen LogP contribution in [-0.2, 0) is 23.7 Å². The van der Waals surface area contributed by atoms with Gasteiger partial charge in [-0.2, -0.15) is 0 Å². The highest BCUT2D eigenvalue weighted by Crippen LogP contribution is 2.30. The summed E-state index contributed by atoms with van der Waals surface area (Å²) in [6.07, 6.45) is 29.3. The second-order valence-corrected chi connectivity index (χ2v) is 17.9. The summed E-state index contributed by atoms with van der Waals surface area (Å²) >= 11 is 0. The van der Waals surface area contributed by atoms with Crippen LogP contribution in [0.3, 0.4) is 0 Å². The standard InChI is InChI=1S/C52H91NO13/c1-3-5-7-9-11-13-15-16-17-18-19-20-21-22-23-24-26-28-30-32-34-36-44(57)53-40(41(56)35-33-31-29-27-25-14-12-10-8-6-4-2)39-63-51-49(62)47(60)50(43(38-55)65-51)66-52-48(61)46(59)45(58)42(37-54)64-52/h5,7,11,13,16-17,19-20,22-23,40-43,45-52,54-56,58-62H,3-4,6,8-10,12,14-15,18,21,24-39H2,1-2H3,(H,53,57)/b7-5-,13-11-,17-16-,20-19-,23-22-. The van der Waals surface area contributed by atoms with Crippen molar-refractivity contribution in [2.45, 2.75) is 242 Å². The van der Waals surface area contributed by atoms with Crippen LogP contribution in [-0.4, -0.2) is 140 Å². The molecule has 2 aliphatic heterocycles. The molecule has 0 aliphatic carbocycles. The maximum Gasteiger partial charge on any atom is 0.220 e. The Kier molecular flexibility index (Phi) is 34.9. The molecule has 0 saturated carbocycles. The van der Waals surface area contributed by atoms with E-state index in [9.17, 15) is 45.6 Å². The third-order valence-electron chi connectivity index (χ3n) is 12.2. The van der Waals surface area contributed by atoms with Crippen LogP contribution in [0.25, 0.3) is 0 Å². The van der Waals surface area contributed by atoms with Crippen molar-refractivity contribution in [2.24, 2.45) is 0 Å². The maximum absolute atomic E-state index is 13.2. The Morgan fingerprint density at radius 3 is 1.61 bits per heavy atom. The number of nitrogens with one attached hydrogen (secondary N) is 1. The average molecular weight is 938 g/mol. The molecule has 66 heavy (non-hydrogen) atoms. The second kappa shape index (κ2) is 38.5.